The Morgan fingerprint density at radius 3 is 2.08 bits per heavy atom. The lowest BCUT2D eigenvalue weighted by molar-refractivity contribution is -0.134. The van der Waals surface area contributed by atoms with Crippen LogP contribution in [0.4, 0.5) is 11.4 Å². The van der Waals surface area contributed by atoms with Gasteiger partial charge < -0.3 is 19.3 Å². The van der Waals surface area contributed by atoms with Gasteiger partial charge in [0.2, 0.25) is 5.91 Å². The van der Waals surface area contributed by atoms with E-state index in [9.17, 15) is 9.59 Å². The second-order valence-corrected chi connectivity index (χ2v) is 10.2. The minimum absolute atomic E-state index is 0.00787. The van der Waals surface area contributed by atoms with E-state index >= 15 is 0 Å². The molecular formula is C33H38N2O4. The van der Waals surface area contributed by atoms with Crippen LogP contribution in [0.25, 0.3) is 17.2 Å². The first-order chi connectivity index (χ1) is 18.9. The van der Waals surface area contributed by atoms with Crippen molar-refractivity contribution in [3.63, 3.8) is 0 Å². The number of nitrogens with zero attached hydrogens (tertiary/aromatic N) is 2. The van der Waals surface area contributed by atoms with Crippen LogP contribution in [0.2, 0.25) is 0 Å². The zero-order valence-corrected chi connectivity index (χ0v) is 23.4. The second kappa shape index (κ2) is 13.1. The van der Waals surface area contributed by atoms with Gasteiger partial charge in [-0.1, -0.05) is 55.7 Å². The Morgan fingerprint density at radius 1 is 0.846 bits per heavy atom. The van der Waals surface area contributed by atoms with Crippen LogP contribution in [-0.4, -0.2) is 40.2 Å². The number of carbonyl (C=O) groups excluding carboxylic acids is 2. The minimum atomic E-state index is -0.439. The molecule has 0 bridgehead atoms. The van der Waals surface area contributed by atoms with E-state index in [2.05, 4.69) is 53.4 Å². The molecule has 0 spiro atoms. The highest BCUT2D eigenvalue weighted by molar-refractivity contribution is 5.96. The normalized spacial score (nSPS) is 13.7. The largest absolute Gasteiger partial charge is 0.497 e. The number of methoxy groups -OCH3 is 2. The lowest BCUT2D eigenvalue weighted by Crippen LogP contribution is -2.36. The van der Waals surface area contributed by atoms with Gasteiger partial charge in [0.25, 0.3) is 0 Å². The number of carbonyl (C=O) groups is 2. The summed E-state index contributed by atoms with van der Waals surface area (Å²) < 4.78 is 10.3. The Kier molecular flexibility index (Phi) is 9.42. The SMILES string of the molecule is COC(=O)/C=C/c1cc(OC)cc(N(Cc2ccc(-c3ccc(N(C)C)cc3)cc2)C(=O)C2CCCCC2)c1. The molecule has 3 aromatic rings. The van der Waals surface area contributed by atoms with Crippen molar-refractivity contribution < 1.29 is 19.1 Å². The molecule has 6 nitrogen and oxygen atoms in total. The maximum absolute atomic E-state index is 13.9. The molecule has 204 valence electrons. The van der Waals surface area contributed by atoms with Crippen molar-refractivity contribution in [3.8, 4) is 16.9 Å². The highest BCUT2D eigenvalue weighted by Crippen LogP contribution is 2.32. The molecule has 0 saturated heterocycles. The van der Waals surface area contributed by atoms with Gasteiger partial charge in [-0.15, -0.1) is 0 Å². The van der Waals surface area contributed by atoms with Crippen LogP contribution in [0.5, 0.6) is 5.75 Å². The highest BCUT2D eigenvalue weighted by atomic mass is 16.5. The number of rotatable bonds is 9. The zero-order chi connectivity index (χ0) is 27.8. The number of esters is 1. The highest BCUT2D eigenvalue weighted by Gasteiger charge is 2.27. The Bertz CT molecular complexity index is 1290. The summed E-state index contributed by atoms with van der Waals surface area (Å²) in [5.41, 5.74) is 5.99. The van der Waals surface area contributed by atoms with Gasteiger partial charge in [-0.05, 0) is 65.4 Å². The third kappa shape index (κ3) is 7.29. The van der Waals surface area contributed by atoms with E-state index in [1.165, 1.54) is 19.6 Å². The molecule has 0 unspecified atom stereocenters. The van der Waals surface area contributed by atoms with Gasteiger partial charge in [-0.2, -0.15) is 0 Å². The Hall–Kier alpha value is -4.06. The van der Waals surface area contributed by atoms with Crippen molar-refractivity contribution in [2.24, 2.45) is 5.92 Å². The molecule has 0 radical (unpaired) electrons. The van der Waals surface area contributed by atoms with Crippen molar-refractivity contribution in [2.75, 3.05) is 38.1 Å². The zero-order valence-electron chi connectivity index (χ0n) is 23.4. The van der Waals surface area contributed by atoms with Crippen molar-refractivity contribution in [2.45, 2.75) is 38.6 Å². The Labute approximate surface area is 231 Å². The molecule has 0 atom stereocenters. The molecule has 0 aromatic heterocycles. The summed E-state index contributed by atoms with van der Waals surface area (Å²) in [4.78, 5) is 29.5. The van der Waals surface area contributed by atoms with Crippen molar-refractivity contribution in [1.29, 1.82) is 0 Å². The quantitative estimate of drug-likeness (QED) is 0.229. The summed E-state index contributed by atoms with van der Waals surface area (Å²) in [5, 5.41) is 0. The fourth-order valence-electron chi connectivity index (χ4n) is 5.01. The molecule has 1 saturated carbocycles. The molecule has 6 heteroatoms. The summed E-state index contributed by atoms with van der Waals surface area (Å²) in [6.07, 6.45) is 8.22. The van der Waals surface area contributed by atoms with Crippen LogP contribution in [-0.2, 0) is 20.9 Å². The molecular weight excluding hydrogens is 488 g/mol. The molecule has 4 rings (SSSR count). The standard InChI is InChI=1S/C33H38N2O4/c1-34(2)29-17-15-27(16-18-29)26-13-10-24(11-14-26)23-35(33(37)28-8-6-5-7-9-28)30-20-25(12-19-32(36)39-4)21-31(22-30)38-3/h10-22,28H,5-9,23H2,1-4H3/b19-12+. The third-order valence-corrected chi connectivity index (χ3v) is 7.31. The average Bonchev–Trinajstić information content (AvgIpc) is 2.98. The number of ether oxygens (including phenoxy) is 2. The first-order valence-corrected chi connectivity index (χ1v) is 13.5. The lowest BCUT2D eigenvalue weighted by atomic mass is 9.88. The fraction of sp³-hybridized carbons (Fsp3) is 0.333. The summed E-state index contributed by atoms with van der Waals surface area (Å²) in [6, 6.07) is 22.5. The summed E-state index contributed by atoms with van der Waals surface area (Å²) in [7, 11) is 7.01. The van der Waals surface area contributed by atoms with Gasteiger partial charge in [-0.3, -0.25) is 4.79 Å². The van der Waals surface area contributed by atoms with Gasteiger partial charge >= 0.3 is 5.97 Å². The predicted octanol–water partition coefficient (Wildman–Crippen LogP) is 6.73. The van der Waals surface area contributed by atoms with Crippen molar-refractivity contribution >= 4 is 29.3 Å². The molecule has 1 aliphatic rings. The molecule has 0 aliphatic heterocycles. The van der Waals surface area contributed by atoms with Crippen LogP contribution in [0, 0.1) is 5.92 Å². The van der Waals surface area contributed by atoms with Crippen molar-refractivity contribution in [1.82, 2.24) is 0 Å². The van der Waals surface area contributed by atoms with E-state index < -0.39 is 5.97 Å². The Balaban J connectivity index is 1.64. The van der Waals surface area contributed by atoms with Crippen LogP contribution in [0.1, 0.15) is 43.2 Å². The van der Waals surface area contributed by atoms with E-state index in [0.717, 1.165) is 59.3 Å². The molecule has 1 aliphatic carbocycles. The molecule has 1 fully saturated rings. The first-order valence-electron chi connectivity index (χ1n) is 13.5. The number of benzene rings is 3. The Morgan fingerprint density at radius 2 is 1.49 bits per heavy atom. The maximum atomic E-state index is 13.9. The number of hydrogen-bond acceptors (Lipinski definition) is 5. The summed E-state index contributed by atoms with van der Waals surface area (Å²) >= 11 is 0. The van der Waals surface area contributed by atoms with Crippen molar-refractivity contribution in [3.05, 3.63) is 83.9 Å². The predicted molar refractivity (Wildman–Crippen MR) is 158 cm³/mol. The fourth-order valence-corrected chi connectivity index (χ4v) is 5.01. The number of anilines is 2. The van der Waals surface area contributed by atoms with E-state index in [1.807, 2.05) is 37.2 Å². The smallest absolute Gasteiger partial charge is 0.330 e. The van der Waals surface area contributed by atoms with Gasteiger partial charge in [0.05, 0.1) is 20.8 Å². The topological polar surface area (TPSA) is 59.1 Å². The van der Waals surface area contributed by atoms with Gasteiger partial charge in [-0.25, -0.2) is 4.79 Å². The minimum Gasteiger partial charge on any atom is -0.497 e. The van der Waals surface area contributed by atoms with Gasteiger partial charge in [0.1, 0.15) is 5.75 Å². The maximum Gasteiger partial charge on any atom is 0.330 e. The summed E-state index contributed by atoms with van der Waals surface area (Å²) in [5.74, 6) is 0.323. The lowest BCUT2D eigenvalue weighted by Gasteiger charge is -2.30. The van der Waals surface area contributed by atoms with Crippen LogP contribution in [0.15, 0.2) is 72.8 Å². The number of amides is 1. The monoisotopic (exact) mass is 526 g/mol. The molecule has 0 N–H and O–H groups in total. The van der Waals surface area contributed by atoms with Crippen LogP contribution in [0.3, 0.4) is 0 Å². The van der Waals surface area contributed by atoms with Gasteiger partial charge in [0, 0.05) is 43.5 Å². The molecule has 3 aromatic carbocycles. The summed E-state index contributed by atoms with van der Waals surface area (Å²) in [6.45, 7) is 0.447. The second-order valence-electron chi connectivity index (χ2n) is 10.2. The average molecular weight is 527 g/mol. The van der Waals surface area contributed by atoms with E-state index in [4.69, 9.17) is 9.47 Å². The van der Waals surface area contributed by atoms with E-state index in [0.29, 0.717) is 12.3 Å². The van der Waals surface area contributed by atoms with Crippen LogP contribution >= 0.6 is 0 Å². The first kappa shape index (κ1) is 28.0. The van der Waals surface area contributed by atoms with Gasteiger partial charge in [0.15, 0.2) is 0 Å². The molecule has 1 amide bonds. The van der Waals surface area contributed by atoms with E-state index in [-0.39, 0.29) is 11.8 Å². The van der Waals surface area contributed by atoms with E-state index in [1.54, 1.807) is 13.2 Å². The molecule has 39 heavy (non-hydrogen) atoms. The number of hydrogen-bond donors (Lipinski definition) is 0. The van der Waals surface area contributed by atoms with Crippen LogP contribution < -0.4 is 14.5 Å². The third-order valence-electron chi connectivity index (χ3n) is 7.31. The molecule has 0 heterocycles.